The summed E-state index contributed by atoms with van der Waals surface area (Å²) in [6, 6.07) is 9.29. The van der Waals surface area contributed by atoms with Gasteiger partial charge in [0, 0.05) is 12.0 Å². The van der Waals surface area contributed by atoms with Crippen LogP contribution in [0.15, 0.2) is 35.5 Å². The summed E-state index contributed by atoms with van der Waals surface area (Å²) in [5.41, 5.74) is 8.26. The molecule has 1 atom stereocenters. The maximum atomic E-state index is 12.3. The van der Waals surface area contributed by atoms with E-state index in [0.717, 1.165) is 29.7 Å². The Kier molecular flexibility index (Phi) is 4.45. The molecule has 3 N–H and O–H groups in total. The number of fused-ring (bicyclic) bond motifs is 3. The predicted octanol–water partition coefficient (Wildman–Crippen LogP) is 1.82. The van der Waals surface area contributed by atoms with Gasteiger partial charge in [-0.3, -0.25) is 4.79 Å². The Balaban J connectivity index is 1.58. The second-order valence-corrected chi connectivity index (χ2v) is 8.31. The maximum Gasteiger partial charge on any atom is 0.191 e. The van der Waals surface area contributed by atoms with Gasteiger partial charge in [0.15, 0.2) is 10.9 Å². The first-order valence-corrected chi connectivity index (χ1v) is 10.0. The van der Waals surface area contributed by atoms with Gasteiger partial charge in [0.2, 0.25) is 0 Å². The number of hydrogen-bond acceptors (Lipinski definition) is 6. The number of ketones is 1. The summed E-state index contributed by atoms with van der Waals surface area (Å²) >= 11 is 3.06. The van der Waals surface area contributed by atoms with Crippen LogP contribution in [0.3, 0.4) is 0 Å². The van der Waals surface area contributed by atoms with E-state index in [2.05, 4.69) is 17.0 Å². The van der Waals surface area contributed by atoms with Crippen molar-refractivity contribution in [1.29, 1.82) is 0 Å². The minimum atomic E-state index is 0.0727. The highest BCUT2D eigenvalue weighted by atomic mass is 32.2. The minimum absolute atomic E-state index is 0.0727. The Morgan fingerprint density at radius 3 is 2.92 bits per heavy atom. The van der Waals surface area contributed by atoms with Gasteiger partial charge in [-0.25, -0.2) is 9.97 Å². The molecule has 0 amide bonds. The summed E-state index contributed by atoms with van der Waals surface area (Å²) in [5, 5.41) is 1.60. The van der Waals surface area contributed by atoms with E-state index in [4.69, 9.17) is 5.73 Å². The van der Waals surface area contributed by atoms with Gasteiger partial charge in [0.1, 0.15) is 17.2 Å². The molecular weight excluding hydrogens is 352 g/mol. The number of thioether (sulfide) groups is 1. The molecule has 1 aliphatic rings. The topological polar surface area (TPSA) is 73.3 Å². The Hall–Kier alpha value is -1.96. The Labute approximate surface area is 154 Å². The first-order chi connectivity index (χ1) is 12.1. The fraction of sp³-hybridized carbons (Fsp3) is 0.278. The Bertz CT molecular complexity index is 939. The number of benzene rings is 1. The number of carbonyl (C=O) groups is 1. The monoisotopic (exact) mass is 371 g/mol. The van der Waals surface area contributed by atoms with E-state index in [1.165, 1.54) is 27.1 Å². The summed E-state index contributed by atoms with van der Waals surface area (Å²) < 4.78 is 0. The molecule has 5 nitrogen and oxygen atoms in total. The van der Waals surface area contributed by atoms with Crippen molar-refractivity contribution >= 4 is 44.9 Å². The summed E-state index contributed by atoms with van der Waals surface area (Å²) in [5.74, 6) is 0.924. The molecule has 0 saturated carbocycles. The number of nitrogens with two attached hydrogens (primary N) is 1. The molecule has 1 aromatic carbocycles. The Morgan fingerprint density at radius 1 is 1.32 bits per heavy atom. The lowest BCUT2D eigenvalue weighted by Crippen LogP contribution is -3.08. The third kappa shape index (κ3) is 3.27. The molecule has 0 aliphatic carbocycles. The number of Topliss-reactive ketones (excluding diaryl/α,β-unsaturated/α-hetero) is 1. The predicted molar refractivity (Wildman–Crippen MR) is 102 cm³/mol. The average molecular weight is 372 g/mol. The van der Waals surface area contributed by atoms with Crippen LogP contribution in [0, 0.1) is 0 Å². The van der Waals surface area contributed by atoms with Gasteiger partial charge < -0.3 is 10.6 Å². The zero-order chi connectivity index (χ0) is 17.4. The van der Waals surface area contributed by atoms with E-state index in [1.807, 2.05) is 30.3 Å². The molecule has 0 spiro atoms. The third-order valence-corrected chi connectivity index (χ3v) is 6.41. The lowest BCUT2D eigenvalue weighted by molar-refractivity contribution is -0.895. The number of quaternary nitrogens is 1. The summed E-state index contributed by atoms with van der Waals surface area (Å²) in [7, 11) is 2.21. The van der Waals surface area contributed by atoms with Gasteiger partial charge in [0.25, 0.3) is 0 Å². The van der Waals surface area contributed by atoms with Crippen LogP contribution in [-0.2, 0) is 13.0 Å². The van der Waals surface area contributed by atoms with Gasteiger partial charge in [0.05, 0.1) is 29.6 Å². The smallest absolute Gasteiger partial charge is 0.191 e. The van der Waals surface area contributed by atoms with Gasteiger partial charge >= 0.3 is 0 Å². The number of anilines is 1. The van der Waals surface area contributed by atoms with Crippen LogP contribution in [0.5, 0.6) is 0 Å². The molecular formula is C18H19N4OS2+. The SMILES string of the molecule is C[NH+]1CCc2c(sc3nc(SCC(=O)c4ccccc4)nc(N)c23)C1. The van der Waals surface area contributed by atoms with Crippen LogP contribution < -0.4 is 10.6 Å². The van der Waals surface area contributed by atoms with E-state index >= 15 is 0 Å². The molecule has 2 aromatic heterocycles. The van der Waals surface area contributed by atoms with Crippen LogP contribution in [0.2, 0.25) is 0 Å². The van der Waals surface area contributed by atoms with Crippen LogP contribution in [0.4, 0.5) is 5.82 Å². The van der Waals surface area contributed by atoms with Gasteiger partial charge in [-0.1, -0.05) is 42.1 Å². The number of thiophene rings is 1. The highest BCUT2D eigenvalue weighted by Gasteiger charge is 2.24. The van der Waals surface area contributed by atoms with Crippen molar-refractivity contribution in [3.63, 3.8) is 0 Å². The van der Waals surface area contributed by atoms with Crippen LogP contribution >= 0.6 is 23.1 Å². The number of nitrogen functional groups attached to an aromatic ring is 1. The third-order valence-electron chi connectivity index (χ3n) is 4.43. The zero-order valence-corrected chi connectivity index (χ0v) is 15.5. The molecule has 1 aliphatic heterocycles. The van der Waals surface area contributed by atoms with E-state index < -0.39 is 0 Å². The lowest BCUT2D eigenvalue weighted by atomic mass is 10.1. The number of rotatable bonds is 4. The van der Waals surface area contributed by atoms with Crippen LogP contribution in [0.1, 0.15) is 20.8 Å². The highest BCUT2D eigenvalue weighted by molar-refractivity contribution is 7.99. The molecule has 1 unspecified atom stereocenters. The average Bonchev–Trinajstić information content (AvgIpc) is 2.98. The highest BCUT2D eigenvalue weighted by Crippen LogP contribution is 2.35. The standard InChI is InChI=1S/C18H18N4OS2/c1-22-8-7-12-14(9-22)25-17-15(12)16(19)20-18(21-17)24-10-13(23)11-5-3-2-4-6-11/h2-6H,7-10H2,1H3,(H2,19,20,21)/p+1. The number of hydrogen-bond donors (Lipinski definition) is 2. The fourth-order valence-corrected chi connectivity index (χ4v) is 5.27. The van der Waals surface area contributed by atoms with Gasteiger partial charge in [-0.2, -0.15) is 0 Å². The number of nitrogens with one attached hydrogen (secondary N) is 1. The van der Waals surface area contributed by atoms with Gasteiger partial charge in [-0.15, -0.1) is 11.3 Å². The van der Waals surface area contributed by atoms with Crippen LogP contribution in [-0.4, -0.2) is 35.1 Å². The summed E-state index contributed by atoms with van der Waals surface area (Å²) in [6.07, 6.45) is 1.02. The first kappa shape index (κ1) is 16.5. The van der Waals surface area contributed by atoms with Crippen molar-refractivity contribution in [2.75, 3.05) is 25.1 Å². The molecule has 128 valence electrons. The molecule has 0 radical (unpaired) electrons. The maximum absolute atomic E-state index is 12.3. The van der Waals surface area contributed by atoms with Crippen molar-refractivity contribution in [1.82, 2.24) is 9.97 Å². The number of nitrogens with zero attached hydrogens (tertiary/aromatic N) is 2. The molecule has 3 aromatic rings. The molecule has 7 heteroatoms. The van der Waals surface area contributed by atoms with Gasteiger partial charge in [-0.05, 0) is 5.56 Å². The Morgan fingerprint density at radius 2 is 2.12 bits per heavy atom. The molecule has 0 fully saturated rings. The summed E-state index contributed by atoms with van der Waals surface area (Å²) in [6.45, 7) is 2.13. The molecule has 4 rings (SSSR count). The van der Waals surface area contributed by atoms with Crippen molar-refractivity contribution in [3.8, 4) is 0 Å². The van der Waals surface area contributed by atoms with E-state index in [9.17, 15) is 4.79 Å². The van der Waals surface area contributed by atoms with E-state index in [0.29, 0.717) is 22.3 Å². The normalized spacial score (nSPS) is 16.8. The quantitative estimate of drug-likeness (QED) is 0.416. The second-order valence-electron chi connectivity index (χ2n) is 6.29. The molecule has 0 bridgehead atoms. The minimum Gasteiger partial charge on any atom is -0.383 e. The van der Waals surface area contributed by atoms with Crippen molar-refractivity contribution in [2.24, 2.45) is 0 Å². The molecule has 0 saturated heterocycles. The second kappa shape index (κ2) is 6.74. The first-order valence-electron chi connectivity index (χ1n) is 8.22. The van der Waals surface area contributed by atoms with Crippen molar-refractivity contribution in [2.45, 2.75) is 18.1 Å². The lowest BCUT2D eigenvalue weighted by Gasteiger charge is -2.19. The number of carbonyl (C=O) groups excluding carboxylic acids is 1. The molecule has 3 heterocycles. The largest absolute Gasteiger partial charge is 0.383 e. The van der Waals surface area contributed by atoms with Crippen LogP contribution in [0.25, 0.3) is 10.2 Å². The van der Waals surface area contributed by atoms with Crippen molar-refractivity contribution < 1.29 is 9.69 Å². The van der Waals surface area contributed by atoms with E-state index in [-0.39, 0.29) is 5.78 Å². The van der Waals surface area contributed by atoms with E-state index in [1.54, 1.807) is 11.3 Å². The molecule has 25 heavy (non-hydrogen) atoms. The number of aromatic nitrogens is 2. The van der Waals surface area contributed by atoms with Crippen molar-refractivity contribution in [3.05, 3.63) is 46.3 Å². The summed E-state index contributed by atoms with van der Waals surface area (Å²) in [4.78, 5) is 25.2. The number of likely N-dealkylation sites (N-methyl/N-ethyl adjacent to an activating group) is 1. The zero-order valence-electron chi connectivity index (χ0n) is 13.9. The fourth-order valence-electron chi connectivity index (χ4n) is 3.12.